The number of fused-ring (bicyclic) bond motifs is 2. The summed E-state index contributed by atoms with van der Waals surface area (Å²) >= 11 is 0. The van der Waals surface area contributed by atoms with E-state index < -0.39 is 24.3 Å². The molecule has 15 heteroatoms. The minimum Gasteiger partial charge on any atom is -0.475 e. The molecule has 0 atom stereocenters. The number of carboxylic acid groups (broad SMARTS) is 2. The standard InChI is InChI=1S/C24H19N5.2C2HF3O2/c1-2-10-26-20(4-1)24-23(22-5-3-13-29(22)28-24)19-9-12-27-21-14-16(6-7-18(19)21)17-8-11-25-15-17;2*3-2(4,5)1(6)7/h1-2,4,6-12,14-15,25H,3,5,13H2;2*(H,6,7). The van der Waals surface area contributed by atoms with Gasteiger partial charge in [-0.2, -0.15) is 31.4 Å². The number of nitrogens with zero attached hydrogens (tertiary/aromatic N) is 4. The van der Waals surface area contributed by atoms with Gasteiger partial charge in [0.15, 0.2) is 0 Å². The lowest BCUT2D eigenvalue weighted by Crippen LogP contribution is -2.21. The van der Waals surface area contributed by atoms with Gasteiger partial charge in [0.25, 0.3) is 0 Å². The quantitative estimate of drug-likeness (QED) is 0.204. The number of carbonyl (C=O) groups is 2. The first-order chi connectivity index (χ1) is 20.3. The Balaban J connectivity index is 0.000000254. The van der Waals surface area contributed by atoms with Crippen LogP contribution in [0, 0.1) is 0 Å². The molecule has 0 bridgehead atoms. The van der Waals surface area contributed by atoms with Crippen LogP contribution in [0.25, 0.3) is 44.5 Å². The maximum Gasteiger partial charge on any atom is 0.490 e. The Labute approximate surface area is 238 Å². The summed E-state index contributed by atoms with van der Waals surface area (Å²) in [4.78, 5) is 30.2. The second kappa shape index (κ2) is 12.3. The minimum atomic E-state index is -5.08. The molecule has 0 radical (unpaired) electrons. The molecule has 0 spiro atoms. The predicted octanol–water partition coefficient (Wildman–Crippen LogP) is 6.37. The molecule has 5 heterocycles. The normalized spacial score (nSPS) is 12.5. The van der Waals surface area contributed by atoms with Crippen LogP contribution in [0.2, 0.25) is 0 Å². The van der Waals surface area contributed by atoms with Crippen molar-refractivity contribution in [3.63, 3.8) is 0 Å². The van der Waals surface area contributed by atoms with Gasteiger partial charge in [-0.15, -0.1) is 0 Å². The molecule has 0 saturated heterocycles. The molecule has 9 nitrogen and oxygen atoms in total. The molecule has 0 fully saturated rings. The number of H-pyrrole nitrogens is 1. The van der Waals surface area contributed by atoms with Crippen LogP contribution < -0.4 is 0 Å². The number of pyridine rings is 2. The average Bonchev–Trinajstić information content (AvgIpc) is 3.71. The van der Waals surface area contributed by atoms with Gasteiger partial charge >= 0.3 is 24.3 Å². The molecule has 0 saturated carbocycles. The Hall–Kier alpha value is -5.21. The van der Waals surface area contributed by atoms with E-state index >= 15 is 0 Å². The SMILES string of the molecule is O=C(O)C(F)(F)F.O=C(O)C(F)(F)F.c1ccc(-c2nn3c(c2-c2ccnc4cc(-c5cc[nH]c5)ccc24)CCC3)nc1. The van der Waals surface area contributed by atoms with Gasteiger partial charge in [-0.1, -0.05) is 18.2 Å². The van der Waals surface area contributed by atoms with Crippen molar-refractivity contribution in [1.29, 1.82) is 0 Å². The summed E-state index contributed by atoms with van der Waals surface area (Å²) in [5.74, 6) is -5.51. The minimum absolute atomic E-state index is 0.915. The molecule has 5 aromatic rings. The molecular weight excluding hydrogens is 584 g/mol. The van der Waals surface area contributed by atoms with Crippen LogP contribution in [0.15, 0.2) is 73.3 Å². The number of benzene rings is 1. The molecular formula is C28H21F6N5O4. The predicted molar refractivity (Wildman–Crippen MR) is 142 cm³/mol. The number of aromatic nitrogens is 5. The molecule has 0 unspecified atom stereocenters. The van der Waals surface area contributed by atoms with Crippen LogP contribution in [0.1, 0.15) is 12.1 Å². The van der Waals surface area contributed by atoms with Crippen molar-refractivity contribution >= 4 is 22.8 Å². The lowest BCUT2D eigenvalue weighted by molar-refractivity contribution is -0.193. The number of rotatable bonds is 3. The van der Waals surface area contributed by atoms with Crippen molar-refractivity contribution in [1.82, 2.24) is 24.7 Å². The van der Waals surface area contributed by atoms with E-state index in [1.165, 1.54) is 22.4 Å². The highest BCUT2D eigenvalue weighted by Crippen LogP contribution is 2.40. The lowest BCUT2D eigenvalue weighted by atomic mass is 9.95. The largest absolute Gasteiger partial charge is 0.490 e. The summed E-state index contributed by atoms with van der Waals surface area (Å²) in [6, 6.07) is 16.7. The van der Waals surface area contributed by atoms with E-state index in [9.17, 15) is 26.3 Å². The average molecular weight is 605 g/mol. The fourth-order valence-electron chi connectivity index (χ4n) is 4.35. The second-order valence-electron chi connectivity index (χ2n) is 9.01. The summed E-state index contributed by atoms with van der Waals surface area (Å²) in [6.07, 6.45) is -0.302. The van der Waals surface area contributed by atoms with Gasteiger partial charge in [-0.3, -0.25) is 14.6 Å². The van der Waals surface area contributed by atoms with Gasteiger partial charge in [0, 0.05) is 48.0 Å². The van der Waals surface area contributed by atoms with Gasteiger partial charge in [0.05, 0.1) is 11.2 Å². The first-order valence-corrected chi connectivity index (χ1v) is 12.4. The van der Waals surface area contributed by atoms with Crippen LogP contribution in [0.3, 0.4) is 0 Å². The molecule has 6 rings (SSSR count). The van der Waals surface area contributed by atoms with Crippen molar-refractivity contribution < 1.29 is 46.1 Å². The topological polar surface area (TPSA) is 134 Å². The molecule has 4 aromatic heterocycles. The third-order valence-electron chi connectivity index (χ3n) is 6.18. The van der Waals surface area contributed by atoms with Crippen LogP contribution in [-0.4, -0.2) is 59.2 Å². The van der Waals surface area contributed by atoms with Gasteiger partial charge in [-0.25, -0.2) is 9.59 Å². The maximum absolute atomic E-state index is 10.6. The Kier molecular flexibility index (Phi) is 8.82. The number of carboxylic acids is 2. The van der Waals surface area contributed by atoms with Crippen LogP contribution in [0.4, 0.5) is 26.3 Å². The smallest absolute Gasteiger partial charge is 0.475 e. The number of hydrogen-bond acceptors (Lipinski definition) is 5. The maximum atomic E-state index is 10.6. The highest BCUT2D eigenvalue weighted by molar-refractivity contribution is 6.00. The number of halogens is 6. The Morgan fingerprint density at radius 1 is 0.860 bits per heavy atom. The van der Waals surface area contributed by atoms with E-state index in [4.69, 9.17) is 24.9 Å². The van der Waals surface area contributed by atoms with Crippen molar-refractivity contribution in [2.75, 3.05) is 0 Å². The zero-order valence-electron chi connectivity index (χ0n) is 21.8. The number of alkyl halides is 6. The number of hydrogen-bond donors (Lipinski definition) is 3. The fourth-order valence-corrected chi connectivity index (χ4v) is 4.35. The first-order valence-electron chi connectivity index (χ1n) is 12.4. The van der Waals surface area contributed by atoms with E-state index in [0.29, 0.717) is 0 Å². The van der Waals surface area contributed by atoms with E-state index in [1.807, 2.05) is 43.0 Å². The molecule has 3 N–H and O–H groups in total. The Bertz CT molecular complexity index is 1710. The zero-order chi connectivity index (χ0) is 31.4. The van der Waals surface area contributed by atoms with E-state index in [0.717, 1.165) is 47.2 Å². The number of aliphatic carboxylic acids is 2. The van der Waals surface area contributed by atoms with Gasteiger partial charge in [-0.05, 0) is 59.9 Å². The first kappa shape index (κ1) is 30.7. The van der Waals surface area contributed by atoms with Gasteiger partial charge in [0.1, 0.15) is 5.69 Å². The van der Waals surface area contributed by atoms with E-state index in [2.05, 4.69) is 50.0 Å². The Morgan fingerprint density at radius 3 is 2.14 bits per heavy atom. The highest BCUT2D eigenvalue weighted by atomic mass is 19.4. The summed E-state index contributed by atoms with van der Waals surface area (Å²) in [7, 11) is 0. The third kappa shape index (κ3) is 7.17. The van der Waals surface area contributed by atoms with E-state index in [1.54, 1.807) is 0 Å². The summed E-state index contributed by atoms with van der Waals surface area (Å²) in [5, 5.41) is 20.3. The van der Waals surface area contributed by atoms with E-state index in [-0.39, 0.29) is 0 Å². The highest BCUT2D eigenvalue weighted by Gasteiger charge is 2.38. The second-order valence-corrected chi connectivity index (χ2v) is 9.01. The number of aromatic amines is 1. The van der Waals surface area contributed by atoms with Crippen molar-refractivity contribution in [3.8, 4) is 33.6 Å². The number of nitrogens with one attached hydrogen (secondary N) is 1. The van der Waals surface area contributed by atoms with Gasteiger partial charge in [0.2, 0.25) is 0 Å². The molecule has 0 aliphatic carbocycles. The molecule has 1 aliphatic rings. The summed E-state index contributed by atoms with van der Waals surface area (Å²) in [5.41, 5.74) is 8.87. The number of aryl methyl sites for hydroxylation is 1. The summed E-state index contributed by atoms with van der Waals surface area (Å²) < 4.78 is 65.6. The van der Waals surface area contributed by atoms with Crippen LogP contribution >= 0.6 is 0 Å². The zero-order valence-corrected chi connectivity index (χ0v) is 21.8. The Morgan fingerprint density at radius 2 is 1.56 bits per heavy atom. The van der Waals surface area contributed by atoms with Crippen molar-refractivity contribution in [2.24, 2.45) is 0 Å². The van der Waals surface area contributed by atoms with Crippen LogP contribution in [0.5, 0.6) is 0 Å². The fraction of sp³-hybridized carbons (Fsp3) is 0.179. The van der Waals surface area contributed by atoms with Crippen molar-refractivity contribution in [2.45, 2.75) is 31.7 Å². The molecule has 0 amide bonds. The van der Waals surface area contributed by atoms with Crippen molar-refractivity contribution in [3.05, 3.63) is 79.0 Å². The lowest BCUT2D eigenvalue weighted by Gasteiger charge is -2.10. The van der Waals surface area contributed by atoms with Crippen LogP contribution in [-0.2, 0) is 22.6 Å². The summed E-state index contributed by atoms with van der Waals surface area (Å²) in [6.45, 7) is 0.968. The molecule has 224 valence electrons. The molecule has 43 heavy (non-hydrogen) atoms. The molecule has 1 aliphatic heterocycles. The third-order valence-corrected chi connectivity index (χ3v) is 6.18. The monoisotopic (exact) mass is 605 g/mol. The molecule has 1 aromatic carbocycles. The van der Waals surface area contributed by atoms with Gasteiger partial charge < -0.3 is 15.2 Å².